The van der Waals surface area contributed by atoms with Crippen LogP contribution in [-0.2, 0) is 9.53 Å². The highest BCUT2D eigenvalue weighted by atomic mass is 19.1. The molecule has 0 saturated carbocycles. The standard InChI is InChI=1S/C13H17F2NO2/c1-4-8(2)16-12(13(17)18-3)9-5-10(14)7-11(15)6-9/h5-8,12,16H,4H2,1-3H3. The molecule has 0 amide bonds. The van der Waals surface area contributed by atoms with E-state index in [0.29, 0.717) is 0 Å². The number of halogens is 2. The molecule has 1 aromatic rings. The van der Waals surface area contributed by atoms with E-state index in [1.165, 1.54) is 7.11 Å². The number of ether oxygens (including phenoxy) is 1. The molecule has 0 aliphatic heterocycles. The van der Waals surface area contributed by atoms with Crippen molar-refractivity contribution in [2.45, 2.75) is 32.4 Å². The van der Waals surface area contributed by atoms with Crippen LogP contribution in [0.1, 0.15) is 31.9 Å². The molecular weight excluding hydrogens is 240 g/mol. The first-order chi connectivity index (χ1) is 8.47. The number of rotatable bonds is 5. The van der Waals surface area contributed by atoms with Gasteiger partial charge in [0, 0.05) is 12.1 Å². The second kappa shape index (κ2) is 6.44. The highest BCUT2D eigenvalue weighted by Crippen LogP contribution is 2.18. The van der Waals surface area contributed by atoms with Crippen molar-refractivity contribution in [2.75, 3.05) is 7.11 Å². The van der Waals surface area contributed by atoms with E-state index < -0.39 is 23.6 Å². The molecule has 0 aliphatic carbocycles. The number of hydrogen-bond acceptors (Lipinski definition) is 3. The highest BCUT2D eigenvalue weighted by molar-refractivity contribution is 5.77. The first-order valence-corrected chi connectivity index (χ1v) is 5.77. The molecule has 0 aliphatic rings. The first kappa shape index (κ1) is 14.6. The van der Waals surface area contributed by atoms with Crippen molar-refractivity contribution >= 4 is 5.97 Å². The van der Waals surface area contributed by atoms with Crippen LogP contribution in [-0.4, -0.2) is 19.1 Å². The quantitative estimate of drug-likeness (QED) is 0.824. The average molecular weight is 257 g/mol. The lowest BCUT2D eigenvalue weighted by atomic mass is 10.0. The second-order valence-corrected chi connectivity index (χ2v) is 4.13. The van der Waals surface area contributed by atoms with E-state index in [-0.39, 0.29) is 11.6 Å². The van der Waals surface area contributed by atoms with Gasteiger partial charge < -0.3 is 4.74 Å². The van der Waals surface area contributed by atoms with Gasteiger partial charge in [-0.15, -0.1) is 0 Å². The molecule has 2 unspecified atom stereocenters. The Bertz CT molecular complexity index is 403. The van der Waals surface area contributed by atoms with Gasteiger partial charge in [0.1, 0.15) is 17.7 Å². The van der Waals surface area contributed by atoms with Crippen molar-refractivity contribution in [3.63, 3.8) is 0 Å². The van der Waals surface area contributed by atoms with Gasteiger partial charge in [-0.1, -0.05) is 6.92 Å². The highest BCUT2D eigenvalue weighted by Gasteiger charge is 2.23. The fraction of sp³-hybridized carbons (Fsp3) is 0.462. The summed E-state index contributed by atoms with van der Waals surface area (Å²) in [6, 6.07) is 2.18. The van der Waals surface area contributed by atoms with Gasteiger partial charge in [0.25, 0.3) is 0 Å². The molecule has 0 aromatic heterocycles. The molecule has 18 heavy (non-hydrogen) atoms. The monoisotopic (exact) mass is 257 g/mol. The van der Waals surface area contributed by atoms with Crippen molar-refractivity contribution in [2.24, 2.45) is 0 Å². The normalized spacial score (nSPS) is 14.1. The van der Waals surface area contributed by atoms with E-state index in [2.05, 4.69) is 10.1 Å². The summed E-state index contributed by atoms with van der Waals surface area (Å²) < 4.78 is 31.0. The predicted molar refractivity (Wildman–Crippen MR) is 64.0 cm³/mol. The maximum absolute atomic E-state index is 13.2. The topological polar surface area (TPSA) is 38.3 Å². The Morgan fingerprint density at radius 2 is 1.89 bits per heavy atom. The van der Waals surface area contributed by atoms with Gasteiger partial charge in [-0.2, -0.15) is 0 Å². The smallest absolute Gasteiger partial charge is 0.327 e. The van der Waals surface area contributed by atoms with Crippen LogP contribution in [0.2, 0.25) is 0 Å². The second-order valence-electron chi connectivity index (χ2n) is 4.13. The summed E-state index contributed by atoms with van der Waals surface area (Å²) in [4.78, 5) is 11.7. The van der Waals surface area contributed by atoms with Crippen LogP contribution in [0.25, 0.3) is 0 Å². The summed E-state index contributed by atoms with van der Waals surface area (Å²) in [5, 5.41) is 2.98. The molecule has 0 heterocycles. The zero-order valence-electron chi connectivity index (χ0n) is 10.7. The Labute approximate surface area is 105 Å². The number of carbonyl (C=O) groups is 1. The van der Waals surface area contributed by atoms with Gasteiger partial charge in [0.05, 0.1) is 7.11 Å². The summed E-state index contributed by atoms with van der Waals surface area (Å²) in [7, 11) is 1.24. The molecular formula is C13H17F2NO2. The van der Waals surface area contributed by atoms with Gasteiger partial charge in [-0.25, -0.2) is 13.6 Å². The number of benzene rings is 1. The third-order valence-corrected chi connectivity index (χ3v) is 2.72. The van der Waals surface area contributed by atoms with Crippen LogP contribution in [0.4, 0.5) is 8.78 Å². The van der Waals surface area contributed by atoms with Gasteiger partial charge >= 0.3 is 5.97 Å². The lowest BCUT2D eigenvalue weighted by Crippen LogP contribution is -2.35. The third kappa shape index (κ3) is 3.77. The van der Waals surface area contributed by atoms with Crippen LogP contribution in [0.15, 0.2) is 18.2 Å². The van der Waals surface area contributed by atoms with Crippen molar-refractivity contribution in [3.8, 4) is 0 Å². The largest absolute Gasteiger partial charge is 0.468 e. The zero-order valence-corrected chi connectivity index (χ0v) is 10.7. The van der Waals surface area contributed by atoms with Gasteiger partial charge in [0.2, 0.25) is 0 Å². The fourth-order valence-electron chi connectivity index (χ4n) is 1.56. The van der Waals surface area contributed by atoms with Crippen LogP contribution in [0.3, 0.4) is 0 Å². The maximum atomic E-state index is 13.2. The SMILES string of the molecule is CCC(C)NC(C(=O)OC)c1cc(F)cc(F)c1. The van der Waals surface area contributed by atoms with Crippen molar-refractivity contribution < 1.29 is 18.3 Å². The zero-order chi connectivity index (χ0) is 13.7. The van der Waals surface area contributed by atoms with Gasteiger partial charge in [0.15, 0.2) is 0 Å². The molecule has 2 atom stereocenters. The number of hydrogen-bond donors (Lipinski definition) is 1. The van der Waals surface area contributed by atoms with Crippen LogP contribution < -0.4 is 5.32 Å². The number of carbonyl (C=O) groups excluding carboxylic acids is 1. The molecule has 0 saturated heterocycles. The molecule has 0 spiro atoms. The van der Waals surface area contributed by atoms with E-state index in [9.17, 15) is 13.6 Å². The molecule has 3 nitrogen and oxygen atoms in total. The minimum atomic E-state index is -0.866. The third-order valence-electron chi connectivity index (χ3n) is 2.72. The van der Waals surface area contributed by atoms with E-state index >= 15 is 0 Å². The Kier molecular flexibility index (Phi) is 5.22. The average Bonchev–Trinajstić information content (AvgIpc) is 2.33. The van der Waals surface area contributed by atoms with Crippen LogP contribution in [0.5, 0.6) is 0 Å². The molecule has 1 aromatic carbocycles. The number of nitrogens with one attached hydrogen (secondary N) is 1. The van der Waals surface area contributed by atoms with Crippen molar-refractivity contribution in [1.82, 2.24) is 5.32 Å². The van der Waals surface area contributed by atoms with Crippen molar-refractivity contribution in [3.05, 3.63) is 35.4 Å². The van der Waals surface area contributed by atoms with Gasteiger partial charge in [-0.3, -0.25) is 5.32 Å². The summed E-state index contributed by atoms with van der Waals surface area (Å²) in [6.07, 6.45) is 0.783. The number of methoxy groups -OCH3 is 1. The summed E-state index contributed by atoms with van der Waals surface area (Å²) >= 11 is 0. The Morgan fingerprint density at radius 3 is 2.33 bits per heavy atom. The Hall–Kier alpha value is -1.49. The van der Waals surface area contributed by atoms with Crippen LogP contribution >= 0.6 is 0 Å². The maximum Gasteiger partial charge on any atom is 0.327 e. The molecule has 100 valence electrons. The molecule has 0 radical (unpaired) electrons. The van der Waals surface area contributed by atoms with Gasteiger partial charge in [-0.05, 0) is 31.0 Å². The van der Waals surface area contributed by atoms with E-state index in [4.69, 9.17) is 0 Å². The summed E-state index contributed by atoms with van der Waals surface area (Å²) in [5.41, 5.74) is 0.222. The van der Waals surface area contributed by atoms with Crippen LogP contribution in [0, 0.1) is 11.6 Å². The Morgan fingerprint density at radius 1 is 1.33 bits per heavy atom. The molecule has 0 bridgehead atoms. The molecule has 0 fully saturated rings. The van der Waals surface area contributed by atoms with E-state index in [1.54, 1.807) is 0 Å². The fourth-order valence-corrected chi connectivity index (χ4v) is 1.56. The number of esters is 1. The molecule has 1 N–H and O–H groups in total. The first-order valence-electron chi connectivity index (χ1n) is 5.77. The summed E-state index contributed by atoms with van der Waals surface area (Å²) in [5.74, 6) is -2.00. The summed E-state index contributed by atoms with van der Waals surface area (Å²) in [6.45, 7) is 3.82. The lowest BCUT2D eigenvalue weighted by Gasteiger charge is -2.21. The van der Waals surface area contributed by atoms with E-state index in [1.807, 2.05) is 13.8 Å². The Balaban J connectivity index is 3.04. The minimum Gasteiger partial charge on any atom is -0.468 e. The molecule has 5 heteroatoms. The lowest BCUT2D eigenvalue weighted by molar-refractivity contribution is -0.143. The predicted octanol–water partition coefficient (Wildman–Crippen LogP) is 2.57. The van der Waals surface area contributed by atoms with Crippen molar-refractivity contribution in [1.29, 1.82) is 0 Å². The molecule has 1 rings (SSSR count). The minimum absolute atomic E-state index is 0.0282. The van der Waals surface area contributed by atoms with E-state index in [0.717, 1.165) is 24.6 Å².